The van der Waals surface area contributed by atoms with Crippen molar-refractivity contribution in [1.29, 1.82) is 0 Å². The molecule has 0 saturated carbocycles. The van der Waals surface area contributed by atoms with Gasteiger partial charge >= 0.3 is 5.97 Å². The summed E-state index contributed by atoms with van der Waals surface area (Å²) < 4.78 is 7.92. The van der Waals surface area contributed by atoms with Crippen molar-refractivity contribution in [2.45, 2.75) is 6.42 Å². The molecule has 1 aromatic heterocycles. The summed E-state index contributed by atoms with van der Waals surface area (Å²) in [7, 11) is 1.35. The second-order valence-electron chi connectivity index (χ2n) is 5.84. The average molecular weight is 476 g/mol. The Morgan fingerprint density at radius 2 is 1.54 bits per heavy atom. The molecule has 3 aromatic carbocycles. The van der Waals surface area contributed by atoms with E-state index in [-0.39, 0.29) is 40.9 Å². The van der Waals surface area contributed by atoms with E-state index in [1.54, 1.807) is 7.11 Å². The molecule has 0 aliphatic carbocycles. The number of hydrogen-bond acceptors (Lipinski definition) is 2. The molecule has 0 aliphatic rings. The van der Waals surface area contributed by atoms with E-state index in [1.165, 1.54) is 20.2 Å². The Morgan fingerprint density at radius 1 is 0.962 bits per heavy atom. The first-order valence-corrected chi connectivity index (χ1v) is 9.23. The van der Waals surface area contributed by atoms with E-state index >= 15 is 0 Å². The lowest BCUT2D eigenvalue weighted by atomic mass is 10.1. The Morgan fingerprint density at radius 3 is 2.08 bits per heavy atom. The number of benzene rings is 3. The van der Waals surface area contributed by atoms with Gasteiger partial charge in [0.25, 0.3) is 0 Å². The molecule has 3 nitrogen and oxygen atoms in total. The standard InChI is InChI=1S/C21H16O3S.HI/c1-24-18-11-10-15(12-14(18)13-21(22)23)25-19-8-4-2-6-16(19)17-7-3-5-9-20(17)25;/h2-12H,13H2,1H3;1H. The van der Waals surface area contributed by atoms with Crippen molar-refractivity contribution in [3.63, 3.8) is 0 Å². The highest BCUT2D eigenvalue weighted by Crippen LogP contribution is 2.48. The lowest BCUT2D eigenvalue weighted by Gasteiger charge is -2.06. The minimum atomic E-state index is -0.856. The van der Waals surface area contributed by atoms with Crippen LogP contribution in [0, 0.1) is 0 Å². The second-order valence-corrected chi connectivity index (χ2v) is 7.81. The Balaban J connectivity index is 0.00000196. The van der Waals surface area contributed by atoms with Gasteiger partial charge in [0.1, 0.15) is 5.75 Å². The van der Waals surface area contributed by atoms with Gasteiger partial charge in [-0.3, -0.25) is 4.79 Å². The molecule has 0 bridgehead atoms. The summed E-state index contributed by atoms with van der Waals surface area (Å²) in [6.45, 7) is 0. The van der Waals surface area contributed by atoms with Crippen molar-refractivity contribution in [2.24, 2.45) is 0 Å². The van der Waals surface area contributed by atoms with E-state index in [0.29, 0.717) is 11.3 Å². The maximum Gasteiger partial charge on any atom is 0.307 e. The van der Waals surface area contributed by atoms with Gasteiger partial charge in [0.2, 0.25) is 0 Å². The van der Waals surface area contributed by atoms with Gasteiger partial charge in [-0.05, 0) is 30.3 Å². The first-order valence-electron chi connectivity index (χ1n) is 8.00. The van der Waals surface area contributed by atoms with Crippen molar-refractivity contribution in [3.8, 4) is 10.6 Å². The molecule has 4 aromatic rings. The van der Waals surface area contributed by atoms with Gasteiger partial charge in [0.05, 0.1) is 13.5 Å². The molecule has 0 unspecified atom stereocenters. The molecule has 0 spiro atoms. The van der Waals surface area contributed by atoms with Crippen LogP contribution in [0.1, 0.15) is 5.56 Å². The number of carbonyl (C=O) groups is 1. The van der Waals surface area contributed by atoms with Crippen molar-refractivity contribution < 1.29 is 38.6 Å². The molecule has 4 rings (SSSR count). The Kier molecular flexibility index (Phi) is 5.48. The number of hydrogen-bond donors (Lipinski definition) is 1. The van der Waals surface area contributed by atoms with Gasteiger partial charge in [-0.15, -0.1) is 0 Å². The number of thiophene rings is 1. The molecule has 5 heteroatoms. The fraction of sp³-hybridized carbons (Fsp3) is 0.0952. The van der Waals surface area contributed by atoms with Crippen LogP contribution < -0.4 is 28.7 Å². The van der Waals surface area contributed by atoms with Crippen LogP contribution in [0.15, 0.2) is 66.7 Å². The molecule has 0 fully saturated rings. The number of halogens is 1. The first kappa shape index (κ1) is 18.7. The van der Waals surface area contributed by atoms with Crippen LogP contribution in [0.3, 0.4) is 0 Å². The van der Waals surface area contributed by atoms with Crippen molar-refractivity contribution in [3.05, 3.63) is 72.3 Å². The molecule has 0 saturated heterocycles. The van der Waals surface area contributed by atoms with Gasteiger partial charge in [-0.2, -0.15) is 0 Å². The van der Waals surface area contributed by atoms with Gasteiger partial charge in [0, 0.05) is 38.9 Å². The fourth-order valence-corrected chi connectivity index (χ4v) is 5.72. The highest BCUT2D eigenvalue weighted by molar-refractivity contribution is 7.50. The van der Waals surface area contributed by atoms with Crippen LogP contribution in [-0.4, -0.2) is 18.2 Å². The maximum absolute atomic E-state index is 11.2. The van der Waals surface area contributed by atoms with Crippen molar-refractivity contribution in [1.82, 2.24) is 0 Å². The topological polar surface area (TPSA) is 46.5 Å². The third-order valence-corrected chi connectivity index (χ3v) is 6.65. The summed E-state index contributed by atoms with van der Waals surface area (Å²) in [6.07, 6.45) is -0.0441. The number of carboxylic acid groups (broad SMARTS) is 1. The zero-order valence-corrected chi connectivity index (χ0v) is 17.1. The molecule has 1 N–H and O–H groups in total. The number of rotatable bonds is 4. The average Bonchev–Trinajstić information content (AvgIpc) is 2.96. The summed E-state index contributed by atoms with van der Waals surface area (Å²) in [5, 5.41) is 11.7. The maximum atomic E-state index is 11.2. The second kappa shape index (κ2) is 7.63. The lowest BCUT2D eigenvalue weighted by Crippen LogP contribution is -3.00. The monoisotopic (exact) mass is 476 g/mol. The van der Waals surface area contributed by atoms with E-state index in [9.17, 15) is 9.90 Å². The molecule has 1 heterocycles. The number of ether oxygens (including phenoxy) is 1. The van der Waals surface area contributed by atoms with Crippen LogP contribution in [0.2, 0.25) is 0 Å². The third kappa shape index (κ3) is 3.17. The molecule has 132 valence electrons. The predicted octanol–water partition coefficient (Wildman–Crippen LogP) is 2.37. The summed E-state index contributed by atoms with van der Waals surface area (Å²) >= 11 is 0. The molecule has 0 radical (unpaired) electrons. The van der Waals surface area contributed by atoms with E-state index < -0.39 is 5.97 Å². The summed E-state index contributed by atoms with van der Waals surface area (Å²) in [4.78, 5) is 12.3. The first-order chi connectivity index (χ1) is 12.2. The minimum absolute atomic E-state index is 0. The number of carboxylic acids is 1. The lowest BCUT2D eigenvalue weighted by molar-refractivity contribution is -0.136. The number of methoxy groups -OCH3 is 1. The van der Waals surface area contributed by atoms with Crippen LogP contribution in [0.4, 0.5) is 0 Å². The minimum Gasteiger partial charge on any atom is -1.00 e. The third-order valence-electron chi connectivity index (χ3n) is 4.33. The highest BCUT2D eigenvalue weighted by Gasteiger charge is 2.24. The summed E-state index contributed by atoms with van der Waals surface area (Å²) in [6, 6.07) is 22.8. The smallest absolute Gasteiger partial charge is 0.307 e. The van der Waals surface area contributed by atoms with E-state index in [4.69, 9.17) is 4.74 Å². The van der Waals surface area contributed by atoms with Gasteiger partial charge < -0.3 is 33.8 Å². The normalized spacial score (nSPS) is 10.7. The Hall–Kier alpha value is -2.12. The van der Waals surface area contributed by atoms with Crippen molar-refractivity contribution >= 4 is 36.6 Å². The zero-order chi connectivity index (χ0) is 17.4. The highest BCUT2D eigenvalue weighted by atomic mass is 127. The van der Waals surface area contributed by atoms with E-state index in [2.05, 4.69) is 48.5 Å². The fourth-order valence-electron chi connectivity index (χ4n) is 3.29. The Labute approximate surface area is 171 Å². The predicted molar refractivity (Wildman–Crippen MR) is 103 cm³/mol. The van der Waals surface area contributed by atoms with Gasteiger partial charge in [-0.25, -0.2) is 0 Å². The summed E-state index contributed by atoms with van der Waals surface area (Å²) in [5.41, 5.74) is 0.710. The number of fused-ring (bicyclic) bond motifs is 3. The Bertz CT molecular complexity index is 1050. The summed E-state index contributed by atoms with van der Waals surface area (Å²) in [5.74, 6) is -0.235. The molecule has 0 aliphatic heterocycles. The van der Waals surface area contributed by atoms with Crippen LogP contribution in [0.25, 0.3) is 25.1 Å². The molecular weight excluding hydrogens is 459 g/mol. The van der Waals surface area contributed by atoms with Crippen LogP contribution >= 0.6 is 10.5 Å². The van der Waals surface area contributed by atoms with Crippen LogP contribution in [0.5, 0.6) is 5.75 Å². The van der Waals surface area contributed by atoms with Gasteiger partial charge in [-0.1, -0.05) is 24.3 Å². The molecular formula is C21H17IO3S. The SMILES string of the molecule is COc1ccc(-[s+]2c3ccccc3c3ccccc32)cc1CC(=O)O.[I-]. The van der Waals surface area contributed by atoms with E-state index in [0.717, 1.165) is 4.90 Å². The van der Waals surface area contributed by atoms with Crippen LogP contribution in [-0.2, 0) is 11.2 Å². The number of aliphatic carboxylic acids is 1. The van der Waals surface area contributed by atoms with Crippen molar-refractivity contribution in [2.75, 3.05) is 7.11 Å². The molecule has 26 heavy (non-hydrogen) atoms. The van der Waals surface area contributed by atoms with Gasteiger partial charge in [0.15, 0.2) is 14.3 Å². The quantitative estimate of drug-likeness (QED) is 0.364. The largest absolute Gasteiger partial charge is 1.00 e. The van der Waals surface area contributed by atoms with E-state index in [1.807, 2.05) is 18.2 Å². The molecule has 0 amide bonds. The zero-order valence-electron chi connectivity index (χ0n) is 14.1. The molecule has 0 atom stereocenters.